The maximum absolute atomic E-state index is 13.3. The summed E-state index contributed by atoms with van der Waals surface area (Å²) in [4.78, 5) is 31.1. The highest BCUT2D eigenvalue weighted by Gasteiger charge is 2.51. The zero-order valence-electron chi connectivity index (χ0n) is 21.7. The smallest absolute Gasteiger partial charge is 0.278 e. The highest BCUT2D eigenvalue weighted by molar-refractivity contribution is 5.78. The van der Waals surface area contributed by atoms with Crippen molar-refractivity contribution in [2.45, 2.75) is 90.1 Å². The maximum Gasteiger partial charge on any atom is 0.278 e. The van der Waals surface area contributed by atoms with E-state index in [1.807, 2.05) is 0 Å². The van der Waals surface area contributed by atoms with Crippen LogP contribution in [0.25, 0.3) is 0 Å². The van der Waals surface area contributed by atoms with Gasteiger partial charge in [-0.1, -0.05) is 38.5 Å². The number of nitrogens with zero attached hydrogens (tertiary/aromatic N) is 4. The molecule has 198 valence electrons. The first-order valence-electron chi connectivity index (χ1n) is 13.8. The molecule has 0 radical (unpaired) electrons. The van der Waals surface area contributed by atoms with E-state index >= 15 is 0 Å². The SMILES string of the molecule is CCN(C(=O)C[N+]12CC[N+](CC(=O)N(CC)C3CCCCC3)(CC1)CC2)C1CCCCC1.[Cl-].[Cl-]. The summed E-state index contributed by atoms with van der Waals surface area (Å²) in [5.41, 5.74) is 0. The van der Waals surface area contributed by atoms with Gasteiger partial charge in [-0.15, -0.1) is 0 Å². The number of halogens is 2. The summed E-state index contributed by atoms with van der Waals surface area (Å²) in [5, 5.41) is 0. The summed E-state index contributed by atoms with van der Waals surface area (Å²) in [6.45, 7) is 13.8. The van der Waals surface area contributed by atoms with Gasteiger partial charge in [-0.25, -0.2) is 0 Å². The Kier molecular flexibility index (Phi) is 11.4. The Hall–Kier alpha value is -0.560. The van der Waals surface area contributed by atoms with E-state index in [1.54, 1.807) is 0 Å². The molecule has 0 aromatic carbocycles. The first-order valence-corrected chi connectivity index (χ1v) is 13.8. The molecule has 0 atom stereocenters. The van der Waals surface area contributed by atoms with E-state index < -0.39 is 0 Å². The van der Waals surface area contributed by atoms with Crippen LogP contribution in [0.3, 0.4) is 0 Å². The Labute approximate surface area is 220 Å². The molecule has 6 nitrogen and oxygen atoms in total. The average molecular weight is 520 g/mol. The number of hydrogen-bond donors (Lipinski definition) is 0. The first-order chi connectivity index (χ1) is 15.5. The molecule has 0 aromatic rings. The quantitative estimate of drug-likeness (QED) is 0.322. The largest absolute Gasteiger partial charge is 1.00 e. The summed E-state index contributed by atoms with van der Waals surface area (Å²) < 4.78 is 1.94. The van der Waals surface area contributed by atoms with Crippen LogP contribution in [0.2, 0.25) is 0 Å². The summed E-state index contributed by atoms with van der Waals surface area (Å²) in [5.74, 6) is 0.763. The second kappa shape index (κ2) is 13.1. The Bertz CT molecular complexity index is 585. The lowest BCUT2D eigenvalue weighted by molar-refractivity contribution is -1.07. The number of quaternary nitrogens is 2. The summed E-state index contributed by atoms with van der Waals surface area (Å²) in [7, 11) is 0. The van der Waals surface area contributed by atoms with E-state index in [2.05, 4.69) is 23.6 Å². The minimum absolute atomic E-state index is 0. The fourth-order valence-electron chi connectivity index (χ4n) is 7.24. The molecule has 2 amide bonds. The van der Waals surface area contributed by atoms with Gasteiger partial charge in [-0.3, -0.25) is 9.59 Å². The van der Waals surface area contributed by atoms with E-state index in [0.717, 1.165) is 61.3 Å². The van der Waals surface area contributed by atoms with Crippen LogP contribution in [0.1, 0.15) is 78.1 Å². The van der Waals surface area contributed by atoms with Gasteiger partial charge in [0.05, 0.1) is 0 Å². The number of fused-ring (bicyclic) bond motifs is 3. The highest BCUT2D eigenvalue weighted by atomic mass is 35.5. The molecule has 8 heteroatoms. The van der Waals surface area contributed by atoms with Crippen LogP contribution in [0, 0.1) is 0 Å². The van der Waals surface area contributed by atoms with Crippen LogP contribution in [-0.4, -0.2) is 108 Å². The van der Waals surface area contributed by atoms with Gasteiger partial charge in [0.15, 0.2) is 13.1 Å². The van der Waals surface area contributed by atoms with E-state index in [1.165, 1.54) is 64.2 Å². The molecular weight excluding hydrogens is 471 g/mol. The second-order valence-corrected chi connectivity index (χ2v) is 11.3. The third kappa shape index (κ3) is 6.60. The number of piperazine rings is 3. The second-order valence-electron chi connectivity index (χ2n) is 11.3. The number of carbonyl (C=O) groups is 2. The minimum Gasteiger partial charge on any atom is -1.00 e. The fraction of sp³-hybridized carbons (Fsp3) is 0.923. The molecule has 0 N–H and O–H groups in total. The van der Waals surface area contributed by atoms with E-state index in [4.69, 9.17) is 0 Å². The molecule has 2 bridgehead atoms. The molecule has 0 aromatic heterocycles. The van der Waals surface area contributed by atoms with Crippen molar-refractivity contribution >= 4 is 11.8 Å². The molecule has 5 rings (SSSR count). The lowest BCUT2D eigenvalue weighted by Gasteiger charge is -2.55. The number of carbonyl (C=O) groups excluding carboxylic acids is 2. The normalized spacial score (nSPS) is 29.6. The average Bonchev–Trinajstić information content (AvgIpc) is 2.82. The summed E-state index contributed by atoms with van der Waals surface area (Å²) >= 11 is 0. The maximum atomic E-state index is 13.3. The molecule has 2 saturated carbocycles. The van der Waals surface area contributed by atoms with Gasteiger partial charge in [-0.05, 0) is 39.5 Å². The Morgan fingerprint density at radius 2 is 0.882 bits per heavy atom. The summed E-state index contributed by atoms with van der Waals surface area (Å²) in [6.07, 6.45) is 12.5. The van der Waals surface area contributed by atoms with Gasteiger partial charge >= 0.3 is 0 Å². The third-order valence-corrected chi connectivity index (χ3v) is 9.44. The number of likely N-dealkylation sites (N-methyl/N-ethyl adjacent to an activating group) is 2. The van der Waals surface area contributed by atoms with Gasteiger partial charge in [0.1, 0.15) is 39.3 Å². The lowest BCUT2D eigenvalue weighted by atomic mass is 9.94. The first kappa shape index (κ1) is 29.7. The van der Waals surface area contributed by atoms with Crippen molar-refractivity contribution in [3.8, 4) is 0 Å². The number of rotatable bonds is 8. The van der Waals surface area contributed by atoms with Crippen LogP contribution in [0.4, 0.5) is 0 Å². The molecule has 3 heterocycles. The predicted octanol–water partition coefficient (Wildman–Crippen LogP) is -2.98. The van der Waals surface area contributed by atoms with Gasteiger partial charge in [-0.2, -0.15) is 0 Å². The number of hydrogen-bond acceptors (Lipinski definition) is 2. The number of amides is 2. The molecule has 3 saturated heterocycles. The predicted molar refractivity (Wildman–Crippen MR) is 128 cm³/mol. The molecule has 2 aliphatic carbocycles. The van der Waals surface area contributed by atoms with Crippen LogP contribution < -0.4 is 24.8 Å². The topological polar surface area (TPSA) is 40.6 Å². The van der Waals surface area contributed by atoms with Crippen molar-refractivity contribution in [3.05, 3.63) is 0 Å². The van der Waals surface area contributed by atoms with Crippen molar-refractivity contribution in [1.82, 2.24) is 9.80 Å². The lowest BCUT2D eigenvalue weighted by Crippen LogP contribution is -3.00. The van der Waals surface area contributed by atoms with Gasteiger partial charge in [0, 0.05) is 25.2 Å². The van der Waals surface area contributed by atoms with E-state index in [9.17, 15) is 9.59 Å². The van der Waals surface area contributed by atoms with Crippen molar-refractivity contribution in [3.63, 3.8) is 0 Å². The fourth-order valence-corrected chi connectivity index (χ4v) is 7.24. The van der Waals surface area contributed by atoms with Crippen LogP contribution in [0.5, 0.6) is 0 Å². The Morgan fingerprint density at radius 1 is 0.588 bits per heavy atom. The van der Waals surface area contributed by atoms with Crippen LogP contribution in [-0.2, 0) is 9.59 Å². The van der Waals surface area contributed by atoms with Crippen LogP contribution in [0.15, 0.2) is 0 Å². The monoisotopic (exact) mass is 518 g/mol. The zero-order valence-corrected chi connectivity index (χ0v) is 23.2. The molecule has 5 aliphatic rings. The molecule has 34 heavy (non-hydrogen) atoms. The van der Waals surface area contributed by atoms with Gasteiger partial charge in [0.25, 0.3) is 11.8 Å². The Morgan fingerprint density at radius 3 is 1.15 bits per heavy atom. The van der Waals surface area contributed by atoms with Crippen LogP contribution >= 0.6 is 0 Å². The molecule has 0 unspecified atom stereocenters. The van der Waals surface area contributed by atoms with Gasteiger partial charge in [0.2, 0.25) is 0 Å². The van der Waals surface area contributed by atoms with Gasteiger partial charge < -0.3 is 43.6 Å². The minimum atomic E-state index is 0. The molecule has 3 aliphatic heterocycles. The summed E-state index contributed by atoms with van der Waals surface area (Å²) in [6, 6.07) is 0.947. The molecular formula is C26H48Cl2N4O2. The molecule has 0 spiro atoms. The van der Waals surface area contributed by atoms with Crippen molar-refractivity contribution in [2.24, 2.45) is 0 Å². The standard InChI is InChI=1S/C26H48N4O2.2ClH/c1-3-27(23-11-7-5-8-12-23)25(31)21-29-15-18-30(19-16-29,20-17-29)22-26(32)28(4-2)24-13-9-6-10-14-24;;/h23-24H,3-22H2,1-2H3;2*1H/q+2;;/p-2. The van der Waals surface area contributed by atoms with Crippen molar-refractivity contribution in [1.29, 1.82) is 0 Å². The van der Waals surface area contributed by atoms with Crippen molar-refractivity contribution < 1.29 is 43.4 Å². The van der Waals surface area contributed by atoms with E-state index in [-0.39, 0.29) is 24.8 Å². The molecule has 5 fully saturated rings. The highest BCUT2D eigenvalue weighted by Crippen LogP contribution is 2.29. The van der Waals surface area contributed by atoms with E-state index in [0.29, 0.717) is 37.0 Å². The van der Waals surface area contributed by atoms with Crippen molar-refractivity contribution in [2.75, 3.05) is 65.4 Å². The Balaban J connectivity index is 0.00000204. The zero-order chi connectivity index (χ0) is 22.6. The third-order valence-electron chi connectivity index (χ3n) is 9.44.